The Balaban J connectivity index is 1.55. The number of amides is 3. The van der Waals surface area contributed by atoms with Gasteiger partial charge in [-0.25, -0.2) is 9.59 Å². The average molecular weight is 627 g/mol. The Bertz CT molecular complexity index is 1130. The number of nitrogens with zero attached hydrogens (tertiary/aromatic N) is 3. The molecule has 2 atom stereocenters. The van der Waals surface area contributed by atoms with Gasteiger partial charge in [0, 0.05) is 44.9 Å². The van der Waals surface area contributed by atoms with Crippen LogP contribution in [-0.4, -0.2) is 80.4 Å². The smallest absolute Gasteiger partial charge is 0.326 e. The molecule has 246 valence electrons. The molecule has 3 amide bonds. The number of nitrogens with one attached hydrogen (secondary N) is 3. The second-order valence-corrected chi connectivity index (χ2v) is 10.9. The van der Waals surface area contributed by atoms with Crippen molar-refractivity contribution in [2.45, 2.75) is 95.8 Å². The molecule has 0 aromatic carbocycles. The number of aromatic nitrogens is 2. The fourth-order valence-electron chi connectivity index (χ4n) is 4.68. The van der Waals surface area contributed by atoms with E-state index in [4.69, 9.17) is 5.11 Å². The van der Waals surface area contributed by atoms with E-state index in [2.05, 4.69) is 30.8 Å². The van der Waals surface area contributed by atoms with E-state index in [0.29, 0.717) is 32.1 Å². The van der Waals surface area contributed by atoms with Crippen LogP contribution >= 0.6 is 0 Å². The Kier molecular flexibility index (Phi) is 18.1. The highest BCUT2D eigenvalue weighted by atomic mass is 16.4. The first kappa shape index (κ1) is 36.8. The van der Waals surface area contributed by atoms with Gasteiger partial charge in [-0.3, -0.25) is 24.5 Å². The Morgan fingerprint density at radius 1 is 0.778 bits per heavy atom. The van der Waals surface area contributed by atoms with E-state index < -0.39 is 30.1 Å². The van der Waals surface area contributed by atoms with E-state index in [1.807, 2.05) is 48.8 Å². The molecule has 5 N–H and O–H groups in total. The number of urea groups is 1. The summed E-state index contributed by atoms with van der Waals surface area (Å²) in [4.78, 5) is 68.7. The van der Waals surface area contributed by atoms with Gasteiger partial charge in [-0.05, 0) is 69.3 Å². The number of hydrogen-bond acceptors (Lipinski definition) is 8. The molecule has 2 heterocycles. The molecule has 13 nitrogen and oxygen atoms in total. The highest BCUT2D eigenvalue weighted by Gasteiger charge is 2.21. The zero-order chi connectivity index (χ0) is 32.7. The summed E-state index contributed by atoms with van der Waals surface area (Å²) in [5, 5.41) is 25.5. The van der Waals surface area contributed by atoms with E-state index in [1.165, 1.54) is 0 Å². The maximum Gasteiger partial charge on any atom is 0.326 e. The minimum Gasteiger partial charge on any atom is -0.481 e. The fraction of sp³-hybridized carbons (Fsp3) is 0.531. The summed E-state index contributed by atoms with van der Waals surface area (Å²) >= 11 is 0. The van der Waals surface area contributed by atoms with Crippen LogP contribution in [0.1, 0.15) is 82.0 Å². The number of carbonyl (C=O) groups is 5. The lowest BCUT2D eigenvalue weighted by atomic mass is 10.1. The number of pyridine rings is 2. The molecule has 0 aliphatic carbocycles. The molecule has 0 aliphatic rings. The van der Waals surface area contributed by atoms with Gasteiger partial charge in [-0.15, -0.1) is 0 Å². The maximum absolute atomic E-state index is 12.2. The van der Waals surface area contributed by atoms with Crippen molar-refractivity contribution in [3.8, 4) is 0 Å². The predicted molar refractivity (Wildman–Crippen MR) is 167 cm³/mol. The number of carboxylic acids is 2. The van der Waals surface area contributed by atoms with Crippen molar-refractivity contribution in [2.75, 3.05) is 13.1 Å². The summed E-state index contributed by atoms with van der Waals surface area (Å²) in [6.07, 6.45) is 10.1. The third-order valence-electron chi connectivity index (χ3n) is 7.10. The van der Waals surface area contributed by atoms with Gasteiger partial charge < -0.3 is 31.0 Å². The minimum absolute atomic E-state index is 0.0412. The first-order chi connectivity index (χ1) is 21.8. The van der Waals surface area contributed by atoms with Crippen molar-refractivity contribution >= 4 is 30.2 Å². The van der Waals surface area contributed by atoms with Crippen molar-refractivity contribution < 1.29 is 34.2 Å². The van der Waals surface area contributed by atoms with Crippen LogP contribution in [-0.2, 0) is 32.3 Å². The SMILES string of the molecule is O=CC(CCC(=O)O)NC(=O)NC(CCCCNC(=O)CCCCCCCN(Cc1ccccn1)Cc1ccccn1)C(=O)O. The Labute approximate surface area is 264 Å². The van der Waals surface area contributed by atoms with Crippen LogP contribution in [0.3, 0.4) is 0 Å². The molecule has 0 spiro atoms. The number of aldehydes is 1. The van der Waals surface area contributed by atoms with Gasteiger partial charge in [0.05, 0.1) is 17.4 Å². The van der Waals surface area contributed by atoms with Gasteiger partial charge in [0.15, 0.2) is 0 Å². The molecule has 2 unspecified atom stereocenters. The van der Waals surface area contributed by atoms with Gasteiger partial charge in [0.2, 0.25) is 5.91 Å². The molecule has 2 aromatic heterocycles. The second-order valence-electron chi connectivity index (χ2n) is 10.9. The minimum atomic E-state index is -1.23. The molecule has 45 heavy (non-hydrogen) atoms. The van der Waals surface area contributed by atoms with Crippen molar-refractivity contribution in [1.82, 2.24) is 30.8 Å². The van der Waals surface area contributed by atoms with Crippen molar-refractivity contribution in [3.05, 3.63) is 60.2 Å². The first-order valence-electron chi connectivity index (χ1n) is 15.5. The molecule has 0 saturated heterocycles. The van der Waals surface area contributed by atoms with E-state index in [1.54, 1.807) is 0 Å². The third-order valence-corrected chi connectivity index (χ3v) is 7.10. The van der Waals surface area contributed by atoms with Gasteiger partial charge in [0.25, 0.3) is 0 Å². The fourth-order valence-corrected chi connectivity index (χ4v) is 4.68. The summed E-state index contributed by atoms with van der Waals surface area (Å²) in [6.45, 7) is 2.86. The average Bonchev–Trinajstić information content (AvgIpc) is 3.02. The van der Waals surface area contributed by atoms with Gasteiger partial charge in [-0.1, -0.05) is 31.4 Å². The lowest BCUT2D eigenvalue weighted by Gasteiger charge is -2.21. The molecular formula is C32H46N6O7. The normalized spacial score (nSPS) is 12.2. The largest absolute Gasteiger partial charge is 0.481 e. The van der Waals surface area contributed by atoms with Crippen LogP contribution in [0.15, 0.2) is 48.8 Å². The number of carbonyl (C=O) groups excluding carboxylic acids is 3. The standard InChI is InChI=1S/C32H46N6O7/c39-24-27(16-17-30(41)42)36-32(45)37-28(31(43)44)14-7-10-20-35-29(40)15-4-2-1-3-11-21-38(22-25-12-5-8-18-33-25)23-26-13-6-9-19-34-26/h5-6,8-9,12-13,18-19,24,27-28H,1-4,7,10-11,14-17,20-23H2,(H,35,40)(H,41,42)(H,43,44)(H2,36,37,45). The number of unbranched alkanes of at least 4 members (excludes halogenated alkanes) is 5. The molecule has 2 rings (SSSR count). The third kappa shape index (κ3) is 17.5. The zero-order valence-corrected chi connectivity index (χ0v) is 25.7. The van der Waals surface area contributed by atoms with E-state index in [9.17, 15) is 29.1 Å². The molecule has 0 bridgehead atoms. The van der Waals surface area contributed by atoms with Crippen LogP contribution < -0.4 is 16.0 Å². The molecular weight excluding hydrogens is 580 g/mol. The van der Waals surface area contributed by atoms with Crippen molar-refractivity contribution in [3.63, 3.8) is 0 Å². The van der Waals surface area contributed by atoms with Crippen LogP contribution in [0.4, 0.5) is 4.79 Å². The number of aliphatic carboxylic acids is 2. The van der Waals surface area contributed by atoms with Gasteiger partial charge in [0.1, 0.15) is 12.3 Å². The molecule has 0 fully saturated rings. The summed E-state index contributed by atoms with van der Waals surface area (Å²) < 4.78 is 0. The Hall–Kier alpha value is -4.39. The lowest BCUT2D eigenvalue weighted by molar-refractivity contribution is -0.139. The van der Waals surface area contributed by atoms with Crippen LogP contribution in [0, 0.1) is 0 Å². The molecule has 2 aromatic rings. The van der Waals surface area contributed by atoms with E-state index in [-0.39, 0.29) is 25.2 Å². The van der Waals surface area contributed by atoms with Crippen molar-refractivity contribution in [1.29, 1.82) is 0 Å². The topological polar surface area (TPSA) is 191 Å². The maximum atomic E-state index is 12.2. The van der Waals surface area contributed by atoms with Crippen LogP contribution in [0.2, 0.25) is 0 Å². The molecule has 0 aliphatic heterocycles. The monoisotopic (exact) mass is 626 g/mol. The second kappa shape index (κ2) is 22.2. The lowest BCUT2D eigenvalue weighted by Crippen LogP contribution is -2.49. The summed E-state index contributed by atoms with van der Waals surface area (Å²) in [6, 6.07) is 8.82. The molecule has 0 saturated carbocycles. The summed E-state index contributed by atoms with van der Waals surface area (Å²) in [5.74, 6) is -2.37. The zero-order valence-electron chi connectivity index (χ0n) is 25.7. The summed E-state index contributed by atoms with van der Waals surface area (Å²) in [5.41, 5.74) is 2.06. The number of carboxylic acid groups (broad SMARTS) is 2. The van der Waals surface area contributed by atoms with Crippen LogP contribution in [0.5, 0.6) is 0 Å². The van der Waals surface area contributed by atoms with Gasteiger partial charge in [-0.2, -0.15) is 0 Å². The summed E-state index contributed by atoms with van der Waals surface area (Å²) in [7, 11) is 0. The van der Waals surface area contributed by atoms with Gasteiger partial charge >= 0.3 is 18.0 Å². The van der Waals surface area contributed by atoms with Crippen LogP contribution in [0.25, 0.3) is 0 Å². The van der Waals surface area contributed by atoms with E-state index in [0.717, 1.165) is 63.1 Å². The van der Waals surface area contributed by atoms with E-state index >= 15 is 0 Å². The highest BCUT2D eigenvalue weighted by molar-refractivity contribution is 5.84. The highest BCUT2D eigenvalue weighted by Crippen LogP contribution is 2.11. The predicted octanol–water partition coefficient (Wildman–Crippen LogP) is 3.29. The quantitative estimate of drug-likeness (QED) is 0.0853. The Morgan fingerprint density at radius 2 is 1.42 bits per heavy atom. The molecule has 13 heteroatoms. The van der Waals surface area contributed by atoms with Crippen molar-refractivity contribution in [2.24, 2.45) is 0 Å². The first-order valence-corrected chi connectivity index (χ1v) is 15.5. The number of hydrogen-bond donors (Lipinski definition) is 5. The number of rotatable bonds is 24. The Morgan fingerprint density at radius 3 is 2.00 bits per heavy atom. The molecule has 0 radical (unpaired) electrons.